The van der Waals surface area contributed by atoms with Crippen molar-refractivity contribution in [1.29, 1.82) is 0 Å². The van der Waals surface area contributed by atoms with Gasteiger partial charge in [0.1, 0.15) is 5.76 Å². The van der Waals surface area contributed by atoms with Gasteiger partial charge in [-0.1, -0.05) is 18.2 Å². The van der Waals surface area contributed by atoms with Crippen molar-refractivity contribution in [3.05, 3.63) is 59.7 Å². The number of aromatic amines is 1. The normalized spacial score (nSPS) is 14.1. The second-order valence-corrected chi connectivity index (χ2v) is 7.07. The number of hydrogen-bond acceptors (Lipinski definition) is 3. The van der Waals surface area contributed by atoms with E-state index in [0.29, 0.717) is 24.6 Å². The molecule has 1 aromatic carbocycles. The molecular weight excluding hydrogens is 360 g/mol. The summed E-state index contributed by atoms with van der Waals surface area (Å²) in [5.74, 6) is 0.867. The highest BCUT2D eigenvalue weighted by molar-refractivity contribution is 7.80. The third-order valence-electron chi connectivity index (χ3n) is 4.90. The van der Waals surface area contributed by atoms with Gasteiger partial charge in [-0.15, -0.1) is 0 Å². The van der Waals surface area contributed by atoms with Crippen molar-refractivity contribution in [3.8, 4) is 0 Å². The number of benzene rings is 1. The van der Waals surface area contributed by atoms with Crippen LogP contribution in [0.1, 0.15) is 23.4 Å². The number of para-hydroxylation sites is 1. The molecule has 0 saturated carbocycles. The summed E-state index contributed by atoms with van der Waals surface area (Å²) < 4.78 is 5.32. The fourth-order valence-electron chi connectivity index (χ4n) is 3.55. The lowest BCUT2D eigenvalue weighted by atomic mass is 10.1. The van der Waals surface area contributed by atoms with Crippen LogP contribution in [0.15, 0.2) is 47.1 Å². The Bertz CT molecular complexity index is 964. The molecule has 3 aromatic rings. The van der Waals surface area contributed by atoms with E-state index in [2.05, 4.69) is 16.4 Å². The average Bonchev–Trinajstić information content (AvgIpc) is 3.40. The summed E-state index contributed by atoms with van der Waals surface area (Å²) in [5.41, 5.74) is 3.15. The summed E-state index contributed by atoms with van der Waals surface area (Å²) in [5, 5.41) is 8.46. The lowest BCUT2D eigenvalue weighted by Gasteiger charge is -2.30. The van der Waals surface area contributed by atoms with Crippen LogP contribution in [0.2, 0.25) is 0 Å². The van der Waals surface area contributed by atoms with Crippen LogP contribution in [-0.4, -0.2) is 39.1 Å². The predicted molar refractivity (Wildman–Crippen MR) is 108 cm³/mol. The van der Waals surface area contributed by atoms with Crippen molar-refractivity contribution in [2.24, 2.45) is 0 Å². The van der Waals surface area contributed by atoms with E-state index >= 15 is 0 Å². The summed E-state index contributed by atoms with van der Waals surface area (Å²) in [4.78, 5) is 16.4. The maximum atomic E-state index is 13.0. The topological polar surface area (TPSA) is 64.5 Å². The number of nitrogens with zero attached hydrogens (tertiary/aromatic N) is 2. The molecule has 1 saturated heterocycles. The third kappa shape index (κ3) is 3.55. The SMILES string of the molecule is Cc1[nH]c2ccccc2c1CC(=O)N1CCCN1C(=S)NCc1ccco1. The zero-order chi connectivity index (χ0) is 18.8. The van der Waals surface area contributed by atoms with Gasteiger partial charge in [0.05, 0.1) is 19.2 Å². The van der Waals surface area contributed by atoms with Gasteiger partial charge in [0.25, 0.3) is 0 Å². The molecule has 0 unspecified atom stereocenters. The van der Waals surface area contributed by atoms with E-state index in [1.807, 2.05) is 42.3 Å². The van der Waals surface area contributed by atoms with E-state index in [1.165, 1.54) is 0 Å². The molecule has 2 aromatic heterocycles. The van der Waals surface area contributed by atoms with Crippen LogP contribution in [0, 0.1) is 6.92 Å². The summed E-state index contributed by atoms with van der Waals surface area (Å²) in [6.45, 7) is 3.94. The van der Waals surface area contributed by atoms with Crippen molar-refractivity contribution < 1.29 is 9.21 Å². The molecule has 0 bridgehead atoms. The van der Waals surface area contributed by atoms with Crippen molar-refractivity contribution in [2.75, 3.05) is 13.1 Å². The molecule has 7 heteroatoms. The van der Waals surface area contributed by atoms with Crippen LogP contribution in [0.3, 0.4) is 0 Å². The van der Waals surface area contributed by atoms with Gasteiger partial charge in [0.15, 0.2) is 5.11 Å². The summed E-state index contributed by atoms with van der Waals surface area (Å²) in [7, 11) is 0. The first-order valence-electron chi connectivity index (χ1n) is 9.07. The Kier molecular flexibility index (Phi) is 4.85. The van der Waals surface area contributed by atoms with Crippen molar-refractivity contribution >= 4 is 34.1 Å². The van der Waals surface area contributed by atoms with E-state index < -0.39 is 0 Å². The Morgan fingerprint density at radius 3 is 2.85 bits per heavy atom. The van der Waals surface area contributed by atoms with E-state index in [1.54, 1.807) is 11.3 Å². The molecular formula is C20H22N4O2S. The first kappa shape index (κ1) is 17.6. The Labute approximate surface area is 163 Å². The van der Waals surface area contributed by atoms with Gasteiger partial charge < -0.3 is 14.7 Å². The van der Waals surface area contributed by atoms with E-state index in [4.69, 9.17) is 16.6 Å². The fraction of sp³-hybridized carbons (Fsp3) is 0.300. The minimum absolute atomic E-state index is 0.0579. The van der Waals surface area contributed by atoms with E-state index in [9.17, 15) is 4.79 Å². The fourth-order valence-corrected chi connectivity index (χ4v) is 3.82. The zero-order valence-electron chi connectivity index (χ0n) is 15.2. The average molecular weight is 382 g/mol. The summed E-state index contributed by atoms with van der Waals surface area (Å²) >= 11 is 5.51. The van der Waals surface area contributed by atoms with Crippen molar-refractivity contribution in [3.63, 3.8) is 0 Å². The number of carbonyl (C=O) groups is 1. The van der Waals surface area contributed by atoms with Gasteiger partial charge in [-0.05, 0) is 49.3 Å². The van der Waals surface area contributed by atoms with Crippen LogP contribution in [0.4, 0.5) is 0 Å². The molecule has 27 heavy (non-hydrogen) atoms. The molecule has 3 heterocycles. The molecule has 0 atom stereocenters. The molecule has 1 aliphatic rings. The summed E-state index contributed by atoms with van der Waals surface area (Å²) in [6, 6.07) is 11.8. The Hall–Kier alpha value is -2.80. The smallest absolute Gasteiger partial charge is 0.245 e. The Balaban J connectivity index is 1.45. The first-order chi connectivity index (χ1) is 13.1. The molecule has 1 aliphatic heterocycles. The number of amides is 1. The largest absolute Gasteiger partial charge is 0.467 e. The molecule has 6 nitrogen and oxygen atoms in total. The second kappa shape index (κ2) is 7.44. The molecule has 2 N–H and O–H groups in total. The number of hydrazine groups is 1. The van der Waals surface area contributed by atoms with Gasteiger partial charge in [-0.3, -0.25) is 14.8 Å². The maximum Gasteiger partial charge on any atom is 0.245 e. The zero-order valence-corrected chi connectivity index (χ0v) is 16.0. The lowest BCUT2D eigenvalue weighted by molar-refractivity contribution is -0.138. The first-order valence-corrected chi connectivity index (χ1v) is 9.48. The van der Waals surface area contributed by atoms with Crippen LogP contribution in [0.25, 0.3) is 10.9 Å². The van der Waals surface area contributed by atoms with Gasteiger partial charge in [-0.25, -0.2) is 0 Å². The maximum absolute atomic E-state index is 13.0. The monoisotopic (exact) mass is 382 g/mol. The van der Waals surface area contributed by atoms with Crippen molar-refractivity contribution in [2.45, 2.75) is 26.3 Å². The molecule has 1 fully saturated rings. The van der Waals surface area contributed by atoms with Crippen LogP contribution >= 0.6 is 12.2 Å². The van der Waals surface area contributed by atoms with Crippen LogP contribution in [-0.2, 0) is 17.8 Å². The highest BCUT2D eigenvalue weighted by Crippen LogP contribution is 2.24. The van der Waals surface area contributed by atoms with Gasteiger partial charge in [0, 0.05) is 29.7 Å². The highest BCUT2D eigenvalue weighted by atomic mass is 32.1. The number of H-pyrrole nitrogens is 1. The standard InChI is InChI=1S/C20H22N4O2S/c1-14-17(16-7-2-3-8-18(16)22-14)12-19(25)23-9-5-10-24(23)20(27)21-13-15-6-4-11-26-15/h2-4,6-8,11,22H,5,9-10,12-13H2,1H3,(H,21,27). The molecule has 0 radical (unpaired) electrons. The second-order valence-electron chi connectivity index (χ2n) is 6.68. The molecule has 0 aliphatic carbocycles. The molecule has 0 spiro atoms. The number of furan rings is 1. The Morgan fingerprint density at radius 2 is 2.04 bits per heavy atom. The predicted octanol–water partition coefficient (Wildman–Crippen LogP) is 3.14. The summed E-state index contributed by atoms with van der Waals surface area (Å²) in [6.07, 6.45) is 2.89. The number of aromatic nitrogens is 1. The number of rotatable bonds is 4. The van der Waals surface area contributed by atoms with E-state index in [0.717, 1.165) is 40.9 Å². The molecule has 1 amide bonds. The lowest BCUT2D eigenvalue weighted by Crippen LogP contribution is -2.49. The Morgan fingerprint density at radius 1 is 1.22 bits per heavy atom. The number of nitrogens with one attached hydrogen (secondary N) is 2. The van der Waals surface area contributed by atoms with Crippen molar-refractivity contribution in [1.82, 2.24) is 20.3 Å². The van der Waals surface area contributed by atoms with Crippen LogP contribution in [0.5, 0.6) is 0 Å². The third-order valence-corrected chi connectivity index (χ3v) is 5.26. The minimum atomic E-state index is 0.0579. The number of fused-ring (bicyclic) bond motifs is 1. The molecule has 4 rings (SSSR count). The quantitative estimate of drug-likeness (QED) is 0.679. The number of aryl methyl sites for hydroxylation is 1. The van der Waals surface area contributed by atoms with Crippen LogP contribution < -0.4 is 5.32 Å². The number of hydrogen-bond donors (Lipinski definition) is 2. The van der Waals surface area contributed by atoms with Gasteiger partial charge >= 0.3 is 0 Å². The highest BCUT2D eigenvalue weighted by Gasteiger charge is 2.29. The van der Waals surface area contributed by atoms with Gasteiger partial charge in [-0.2, -0.15) is 0 Å². The van der Waals surface area contributed by atoms with Gasteiger partial charge in [0.2, 0.25) is 5.91 Å². The number of thiocarbonyl (C=S) groups is 1. The molecule has 140 valence electrons. The van der Waals surface area contributed by atoms with E-state index in [-0.39, 0.29) is 5.91 Å². The minimum Gasteiger partial charge on any atom is -0.467 e. The number of carbonyl (C=O) groups excluding carboxylic acids is 1.